The number of benzene rings is 2. The number of ether oxygens (including phenoxy) is 1. The van der Waals surface area contributed by atoms with E-state index in [1.165, 1.54) is 4.90 Å². The van der Waals surface area contributed by atoms with Crippen molar-refractivity contribution in [2.24, 2.45) is 0 Å². The first-order valence-corrected chi connectivity index (χ1v) is 11.1. The maximum absolute atomic E-state index is 13.4. The molecule has 1 aromatic heterocycles. The van der Waals surface area contributed by atoms with Crippen molar-refractivity contribution in [3.05, 3.63) is 82.7 Å². The number of rotatable bonds is 5. The van der Waals surface area contributed by atoms with Gasteiger partial charge in [-0.3, -0.25) is 19.8 Å². The van der Waals surface area contributed by atoms with Crippen LogP contribution in [0, 0.1) is 20.8 Å². The number of carbonyl (C=O) groups is 2. The summed E-state index contributed by atoms with van der Waals surface area (Å²) < 4.78 is 7.58. The predicted octanol–water partition coefficient (Wildman–Crippen LogP) is 4.63. The molecule has 1 N–H and O–H groups in total. The smallest absolute Gasteiger partial charge is 0.270 e. The Balaban J connectivity index is 1.72. The average Bonchev–Trinajstić information content (AvgIpc) is 3.05. The van der Waals surface area contributed by atoms with Crippen LogP contribution in [0.15, 0.2) is 60.2 Å². The van der Waals surface area contributed by atoms with Gasteiger partial charge in [-0.25, -0.2) is 0 Å². The predicted molar refractivity (Wildman–Crippen MR) is 134 cm³/mol. The Morgan fingerprint density at radius 1 is 1.00 bits per heavy atom. The van der Waals surface area contributed by atoms with Crippen LogP contribution in [0.5, 0.6) is 5.75 Å². The molecule has 0 saturated carbocycles. The van der Waals surface area contributed by atoms with Crippen molar-refractivity contribution in [3.63, 3.8) is 0 Å². The summed E-state index contributed by atoms with van der Waals surface area (Å²) in [5, 5.41) is 2.69. The Labute approximate surface area is 198 Å². The molecule has 33 heavy (non-hydrogen) atoms. The van der Waals surface area contributed by atoms with Gasteiger partial charge in [0, 0.05) is 17.1 Å². The molecule has 6 nitrogen and oxygen atoms in total. The van der Waals surface area contributed by atoms with Gasteiger partial charge in [-0.1, -0.05) is 12.1 Å². The third-order valence-electron chi connectivity index (χ3n) is 5.54. The van der Waals surface area contributed by atoms with Gasteiger partial charge in [-0.15, -0.1) is 0 Å². The van der Waals surface area contributed by atoms with Crippen molar-refractivity contribution in [2.75, 3.05) is 11.5 Å². The van der Waals surface area contributed by atoms with Gasteiger partial charge in [-0.2, -0.15) is 0 Å². The second-order valence-electron chi connectivity index (χ2n) is 7.89. The van der Waals surface area contributed by atoms with Crippen LogP contribution in [0.3, 0.4) is 0 Å². The lowest BCUT2D eigenvalue weighted by Crippen LogP contribution is -2.54. The van der Waals surface area contributed by atoms with Crippen molar-refractivity contribution < 1.29 is 14.3 Å². The summed E-state index contributed by atoms with van der Waals surface area (Å²) in [4.78, 5) is 27.4. The quantitative estimate of drug-likeness (QED) is 0.343. The van der Waals surface area contributed by atoms with E-state index in [0.29, 0.717) is 18.0 Å². The van der Waals surface area contributed by atoms with Gasteiger partial charge >= 0.3 is 0 Å². The normalized spacial score (nSPS) is 15.2. The van der Waals surface area contributed by atoms with E-state index in [2.05, 4.69) is 16.0 Å². The molecular formula is C26H25N3O3S. The Morgan fingerprint density at radius 2 is 1.73 bits per heavy atom. The molecule has 2 amide bonds. The molecule has 1 fully saturated rings. The van der Waals surface area contributed by atoms with E-state index < -0.39 is 11.8 Å². The zero-order valence-corrected chi connectivity index (χ0v) is 19.8. The largest absolute Gasteiger partial charge is 0.494 e. The number of aromatic nitrogens is 1. The lowest BCUT2D eigenvalue weighted by atomic mass is 10.1. The maximum atomic E-state index is 13.4. The highest BCUT2D eigenvalue weighted by Gasteiger charge is 2.34. The maximum Gasteiger partial charge on any atom is 0.270 e. The number of nitrogens with one attached hydrogen (secondary N) is 1. The Bertz CT molecular complexity index is 1290. The molecule has 1 aliphatic heterocycles. The van der Waals surface area contributed by atoms with Crippen LogP contribution >= 0.6 is 12.2 Å². The van der Waals surface area contributed by atoms with Crippen LogP contribution < -0.4 is 15.0 Å². The van der Waals surface area contributed by atoms with Crippen molar-refractivity contribution in [1.29, 1.82) is 0 Å². The fraction of sp³-hybridized carbons (Fsp3) is 0.192. The Kier molecular flexibility index (Phi) is 6.16. The number of amides is 2. The number of hydrogen-bond donors (Lipinski definition) is 1. The lowest BCUT2D eigenvalue weighted by Gasteiger charge is -2.29. The van der Waals surface area contributed by atoms with E-state index in [-0.39, 0.29) is 10.7 Å². The first-order chi connectivity index (χ1) is 15.8. The van der Waals surface area contributed by atoms with Gasteiger partial charge in [0.25, 0.3) is 11.8 Å². The topological polar surface area (TPSA) is 63.6 Å². The van der Waals surface area contributed by atoms with E-state index in [1.807, 2.05) is 52.0 Å². The molecule has 7 heteroatoms. The van der Waals surface area contributed by atoms with Crippen molar-refractivity contribution in [2.45, 2.75) is 27.7 Å². The van der Waals surface area contributed by atoms with Gasteiger partial charge < -0.3 is 9.30 Å². The molecule has 1 saturated heterocycles. The van der Waals surface area contributed by atoms with Crippen LogP contribution in [-0.2, 0) is 9.59 Å². The summed E-state index contributed by atoms with van der Waals surface area (Å²) in [5.41, 5.74) is 5.52. The molecule has 4 rings (SSSR count). The van der Waals surface area contributed by atoms with Crippen LogP contribution in [-0.4, -0.2) is 28.1 Å². The molecule has 0 spiro atoms. The summed E-state index contributed by atoms with van der Waals surface area (Å²) in [6.07, 6.45) is 1.63. The van der Waals surface area contributed by atoms with Gasteiger partial charge in [-0.05, 0) is 99.6 Å². The Hall–Kier alpha value is -3.71. The number of anilines is 1. The minimum absolute atomic E-state index is 0.0296. The first-order valence-electron chi connectivity index (χ1n) is 10.7. The highest BCUT2D eigenvalue weighted by molar-refractivity contribution is 7.80. The zero-order valence-electron chi connectivity index (χ0n) is 19.0. The van der Waals surface area contributed by atoms with Crippen molar-refractivity contribution in [3.8, 4) is 11.4 Å². The minimum Gasteiger partial charge on any atom is -0.494 e. The van der Waals surface area contributed by atoms with Crippen molar-refractivity contribution >= 4 is 40.9 Å². The molecule has 0 atom stereocenters. The van der Waals surface area contributed by atoms with Crippen LogP contribution in [0.4, 0.5) is 5.69 Å². The molecule has 2 heterocycles. The summed E-state index contributed by atoms with van der Waals surface area (Å²) in [7, 11) is 0. The second-order valence-corrected chi connectivity index (χ2v) is 8.27. The first kappa shape index (κ1) is 22.5. The number of thiocarbonyl (C=S) groups is 1. The van der Waals surface area contributed by atoms with Gasteiger partial charge in [0.15, 0.2) is 5.11 Å². The Morgan fingerprint density at radius 3 is 2.39 bits per heavy atom. The molecule has 0 unspecified atom stereocenters. The fourth-order valence-electron chi connectivity index (χ4n) is 4.00. The lowest BCUT2D eigenvalue weighted by molar-refractivity contribution is -0.122. The molecule has 3 aromatic rings. The SMILES string of the molecule is CCOc1ccc(N2C(=O)/C(=C/c3cc(C)n(-c4cccc(C)c4)c3C)C(=O)NC2=S)cc1. The molecule has 2 aromatic carbocycles. The van der Waals surface area contributed by atoms with E-state index >= 15 is 0 Å². The number of aryl methyl sites for hydroxylation is 2. The zero-order chi connectivity index (χ0) is 23.7. The van der Waals surface area contributed by atoms with Crippen LogP contribution in [0.25, 0.3) is 11.8 Å². The standard InChI is InChI=1S/C26H25N3O3S/c1-5-32-22-11-9-20(10-12-22)29-25(31)23(24(30)27-26(29)33)15-19-14-17(3)28(18(19)4)21-8-6-7-16(2)13-21/h6-15H,5H2,1-4H3,(H,27,30,33)/b23-15+. The molecule has 0 bridgehead atoms. The third kappa shape index (κ3) is 4.32. The van der Waals surface area contributed by atoms with E-state index in [4.69, 9.17) is 17.0 Å². The van der Waals surface area contributed by atoms with E-state index in [1.54, 1.807) is 30.3 Å². The van der Waals surface area contributed by atoms with E-state index in [0.717, 1.165) is 28.2 Å². The average molecular weight is 460 g/mol. The molecule has 0 radical (unpaired) electrons. The molecule has 1 aliphatic rings. The molecular weight excluding hydrogens is 434 g/mol. The third-order valence-corrected chi connectivity index (χ3v) is 5.82. The summed E-state index contributed by atoms with van der Waals surface area (Å²) in [5.74, 6) is -0.277. The summed E-state index contributed by atoms with van der Waals surface area (Å²) in [6.45, 7) is 8.47. The summed E-state index contributed by atoms with van der Waals surface area (Å²) >= 11 is 5.30. The van der Waals surface area contributed by atoms with Gasteiger partial charge in [0.2, 0.25) is 0 Å². The number of hydrogen-bond acceptors (Lipinski definition) is 4. The molecule has 0 aliphatic carbocycles. The van der Waals surface area contributed by atoms with Gasteiger partial charge in [0.05, 0.1) is 12.3 Å². The van der Waals surface area contributed by atoms with Gasteiger partial charge in [0.1, 0.15) is 11.3 Å². The van der Waals surface area contributed by atoms with Crippen LogP contribution in [0.2, 0.25) is 0 Å². The monoisotopic (exact) mass is 459 g/mol. The highest BCUT2D eigenvalue weighted by Crippen LogP contribution is 2.27. The fourth-order valence-corrected chi connectivity index (χ4v) is 4.28. The second kappa shape index (κ2) is 9.03. The van der Waals surface area contributed by atoms with Crippen molar-refractivity contribution in [1.82, 2.24) is 9.88 Å². The highest BCUT2D eigenvalue weighted by atomic mass is 32.1. The summed E-state index contributed by atoms with van der Waals surface area (Å²) in [6, 6.07) is 17.2. The number of carbonyl (C=O) groups excluding carboxylic acids is 2. The van der Waals surface area contributed by atoms with Crippen LogP contribution in [0.1, 0.15) is 29.4 Å². The molecule has 168 valence electrons. The minimum atomic E-state index is -0.507. The van der Waals surface area contributed by atoms with E-state index in [9.17, 15) is 9.59 Å². The number of nitrogens with zero attached hydrogens (tertiary/aromatic N) is 2.